The summed E-state index contributed by atoms with van der Waals surface area (Å²) in [5.74, 6) is 1.06. The molecule has 0 aliphatic heterocycles. The van der Waals surface area contributed by atoms with Gasteiger partial charge in [-0.05, 0) is 0 Å². The van der Waals surface area contributed by atoms with Crippen LogP contribution in [0.5, 0.6) is 0 Å². The van der Waals surface area contributed by atoms with Gasteiger partial charge in [0.2, 0.25) is 0 Å². The first kappa shape index (κ1) is 8.11. The second-order valence-electron chi connectivity index (χ2n) is 2.29. The molecule has 0 saturated heterocycles. The highest BCUT2D eigenvalue weighted by molar-refractivity contribution is 5.23. The van der Waals surface area contributed by atoms with Crippen molar-refractivity contribution in [2.24, 2.45) is 0 Å². The first-order valence-electron chi connectivity index (χ1n) is 3.45. The van der Waals surface area contributed by atoms with E-state index >= 15 is 0 Å². The zero-order valence-electron chi connectivity index (χ0n) is 6.69. The van der Waals surface area contributed by atoms with Crippen molar-refractivity contribution < 1.29 is 13.9 Å². The third kappa shape index (κ3) is 1.73. The molecule has 0 aromatic carbocycles. The predicted octanol–water partition coefficient (Wildman–Crippen LogP) is 2.14. The van der Waals surface area contributed by atoms with E-state index in [1.165, 1.54) is 13.2 Å². The quantitative estimate of drug-likeness (QED) is 0.613. The van der Waals surface area contributed by atoms with Crippen molar-refractivity contribution in [3.05, 3.63) is 23.4 Å². The molecule has 1 rings (SSSR count). The highest BCUT2D eigenvalue weighted by Gasteiger charge is 2.13. The maximum Gasteiger partial charge on any atom is 0.159 e. The predicted molar refractivity (Wildman–Crippen MR) is 39.5 cm³/mol. The summed E-state index contributed by atoms with van der Waals surface area (Å²) in [5, 5.41) is 0. The van der Waals surface area contributed by atoms with Crippen molar-refractivity contribution in [2.45, 2.75) is 12.8 Å². The molecular weight excluding hydrogens is 147 g/mol. The first-order valence-corrected chi connectivity index (χ1v) is 3.45. The molecule has 0 amide bonds. The minimum Gasteiger partial charge on any atom is -0.497 e. The van der Waals surface area contributed by atoms with Gasteiger partial charge in [0.15, 0.2) is 5.76 Å². The Hall–Kier alpha value is -0.990. The van der Waals surface area contributed by atoms with E-state index in [0.717, 1.165) is 0 Å². The lowest BCUT2D eigenvalue weighted by Crippen LogP contribution is -2.00. The van der Waals surface area contributed by atoms with Crippen LogP contribution in [0.3, 0.4) is 0 Å². The zero-order chi connectivity index (χ0) is 8.27. The van der Waals surface area contributed by atoms with Crippen molar-refractivity contribution in [1.82, 2.24) is 0 Å². The summed E-state index contributed by atoms with van der Waals surface area (Å²) in [6.45, 7) is 0. The van der Waals surface area contributed by atoms with E-state index in [9.17, 15) is 4.39 Å². The van der Waals surface area contributed by atoms with Gasteiger partial charge in [0, 0.05) is 18.9 Å². The fourth-order valence-corrected chi connectivity index (χ4v) is 1.03. The lowest BCUT2D eigenvalue weighted by atomic mass is 10.1. The molecule has 0 heterocycles. The standard InChI is InChI=1S/C8H11FO2/c1-10-7-4-3-6(9)5-8(7)11-2/h5H,3-4H2,1-2H3. The number of ether oxygens (including phenoxy) is 2. The van der Waals surface area contributed by atoms with Gasteiger partial charge in [-0.3, -0.25) is 0 Å². The molecule has 62 valence electrons. The molecule has 11 heavy (non-hydrogen) atoms. The second kappa shape index (κ2) is 3.42. The fraction of sp³-hybridized carbons (Fsp3) is 0.500. The van der Waals surface area contributed by atoms with Crippen LogP contribution >= 0.6 is 0 Å². The summed E-state index contributed by atoms with van der Waals surface area (Å²) in [5.41, 5.74) is 0. The summed E-state index contributed by atoms with van der Waals surface area (Å²) in [4.78, 5) is 0. The Bertz CT molecular complexity index is 206. The number of allylic oxidation sites excluding steroid dienone is 3. The topological polar surface area (TPSA) is 18.5 Å². The molecule has 0 saturated carbocycles. The van der Waals surface area contributed by atoms with E-state index < -0.39 is 0 Å². The molecule has 0 aromatic heterocycles. The van der Waals surface area contributed by atoms with E-state index in [1.807, 2.05) is 0 Å². The molecule has 0 atom stereocenters. The minimum atomic E-state index is -0.150. The smallest absolute Gasteiger partial charge is 0.159 e. The van der Waals surface area contributed by atoms with Crippen LogP contribution in [0.15, 0.2) is 23.4 Å². The molecular formula is C8H11FO2. The number of halogens is 1. The summed E-state index contributed by atoms with van der Waals surface area (Å²) >= 11 is 0. The zero-order valence-corrected chi connectivity index (χ0v) is 6.69. The van der Waals surface area contributed by atoms with Gasteiger partial charge in [0.1, 0.15) is 11.6 Å². The largest absolute Gasteiger partial charge is 0.497 e. The summed E-state index contributed by atoms with van der Waals surface area (Å²) < 4.78 is 22.5. The van der Waals surface area contributed by atoms with Gasteiger partial charge in [-0.25, -0.2) is 4.39 Å². The van der Waals surface area contributed by atoms with Crippen LogP contribution in [0, 0.1) is 0 Å². The van der Waals surface area contributed by atoms with Crippen molar-refractivity contribution in [3.8, 4) is 0 Å². The van der Waals surface area contributed by atoms with Crippen LogP contribution in [-0.2, 0) is 9.47 Å². The monoisotopic (exact) mass is 158 g/mol. The van der Waals surface area contributed by atoms with Crippen LogP contribution in [0.25, 0.3) is 0 Å². The molecule has 0 N–H and O–H groups in total. The molecule has 0 fully saturated rings. The van der Waals surface area contributed by atoms with E-state index in [-0.39, 0.29) is 5.83 Å². The average molecular weight is 158 g/mol. The van der Waals surface area contributed by atoms with Crippen LogP contribution in [0.2, 0.25) is 0 Å². The molecule has 0 spiro atoms. The van der Waals surface area contributed by atoms with Gasteiger partial charge in [0.05, 0.1) is 14.2 Å². The Labute approximate surface area is 65.3 Å². The SMILES string of the molecule is COC1=C(OC)CCC(F)=C1. The highest BCUT2D eigenvalue weighted by Crippen LogP contribution is 2.24. The molecule has 2 nitrogen and oxygen atoms in total. The van der Waals surface area contributed by atoms with E-state index in [4.69, 9.17) is 9.47 Å². The highest BCUT2D eigenvalue weighted by atomic mass is 19.1. The fourth-order valence-electron chi connectivity index (χ4n) is 1.03. The normalized spacial score (nSPS) is 17.9. The molecule has 0 radical (unpaired) electrons. The molecule has 1 aliphatic rings. The molecule has 1 aliphatic carbocycles. The van der Waals surface area contributed by atoms with E-state index in [1.54, 1.807) is 7.11 Å². The minimum absolute atomic E-state index is 0.150. The van der Waals surface area contributed by atoms with Crippen LogP contribution in [0.4, 0.5) is 4.39 Å². The number of hydrogen-bond acceptors (Lipinski definition) is 2. The van der Waals surface area contributed by atoms with Crippen molar-refractivity contribution >= 4 is 0 Å². The first-order chi connectivity index (χ1) is 5.27. The molecule has 0 aromatic rings. The van der Waals surface area contributed by atoms with Crippen LogP contribution in [-0.4, -0.2) is 14.2 Å². The van der Waals surface area contributed by atoms with Crippen LogP contribution in [0.1, 0.15) is 12.8 Å². The second-order valence-corrected chi connectivity index (χ2v) is 2.29. The Morgan fingerprint density at radius 3 is 2.55 bits per heavy atom. The Balaban J connectivity index is 2.83. The van der Waals surface area contributed by atoms with Crippen molar-refractivity contribution in [1.29, 1.82) is 0 Å². The van der Waals surface area contributed by atoms with Crippen molar-refractivity contribution in [3.63, 3.8) is 0 Å². The summed E-state index contributed by atoms with van der Waals surface area (Å²) in [6, 6.07) is 0. The van der Waals surface area contributed by atoms with Gasteiger partial charge in [-0.2, -0.15) is 0 Å². The Kier molecular flexibility index (Phi) is 2.52. The van der Waals surface area contributed by atoms with Crippen LogP contribution < -0.4 is 0 Å². The lowest BCUT2D eigenvalue weighted by molar-refractivity contribution is 0.214. The van der Waals surface area contributed by atoms with E-state index in [2.05, 4.69) is 0 Å². The average Bonchev–Trinajstić information content (AvgIpc) is 2.04. The third-order valence-corrected chi connectivity index (χ3v) is 1.62. The van der Waals surface area contributed by atoms with Gasteiger partial charge in [-0.15, -0.1) is 0 Å². The van der Waals surface area contributed by atoms with Crippen molar-refractivity contribution in [2.75, 3.05) is 14.2 Å². The van der Waals surface area contributed by atoms with Gasteiger partial charge < -0.3 is 9.47 Å². The van der Waals surface area contributed by atoms with Gasteiger partial charge >= 0.3 is 0 Å². The lowest BCUT2D eigenvalue weighted by Gasteiger charge is -2.14. The molecule has 0 unspecified atom stereocenters. The summed E-state index contributed by atoms with van der Waals surface area (Å²) in [7, 11) is 3.06. The number of rotatable bonds is 2. The Morgan fingerprint density at radius 1 is 1.27 bits per heavy atom. The Morgan fingerprint density at radius 2 is 2.00 bits per heavy atom. The third-order valence-electron chi connectivity index (χ3n) is 1.62. The van der Waals surface area contributed by atoms with Gasteiger partial charge in [-0.1, -0.05) is 0 Å². The molecule has 0 bridgehead atoms. The summed E-state index contributed by atoms with van der Waals surface area (Å²) in [6.07, 6.45) is 2.36. The maximum atomic E-state index is 12.6. The van der Waals surface area contributed by atoms with E-state index in [0.29, 0.717) is 24.4 Å². The van der Waals surface area contributed by atoms with Gasteiger partial charge in [0.25, 0.3) is 0 Å². The molecule has 3 heteroatoms. The maximum absolute atomic E-state index is 12.6. The number of methoxy groups -OCH3 is 2. The number of hydrogen-bond donors (Lipinski definition) is 0.